The molecule has 1 N–H and O–H groups in total. The third-order valence-corrected chi connectivity index (χ3v) is 7.28. The van der Waals surface area contributed by atoms with Crippen LogP contribution in [0.1, 0.15) is 31.7 Å². The number of pyridine rings is 1. The molecular formula is C19H30N4O4S. The van der Waals surface area contributed by atoms with Gasteiger partial charge in [0.1, 0.15) is 5.82 Å². The number of nitrogens with one attached hydrogen (secondary N) is 1. The molecule has 2 aliphatic rings. The number of carbonyl (C=O) groups is 1. The minimum Gasteiger partial charge on any atom is -0.378 e. The molecule has 9 heteroatoms. The first kappa shape index (κ1) is 21.0. The standard InChI is InChI=1S/C19H30N4O4S/c1-2-13-28(25,26)23-8-4-6-17(15-23)19(24)21-14-16-5-3-7-20-18(16)22-9-11-27-12-10-22/h3,5,7,17H,2,4,6,8-15H2,1H3,(H,21,24)/t17-/m1/s1. The molecule has 0 aliphatic carbocycles. The predicted octanol–water partition coefficient (Wildman–Crippen LogP) is 0.986. The zero-order chi connectivity index (χ0) is 20.0. The summed E-state index contributed by atoms with van der Waals surface area (Å²) < 4.78 is 31.5. The van der Waals surface area contributed by atoms with Crippen LogP contribution in [0.2, 0.25) is 0 Å². The van der Waals surface area contributed by atoms with Gasteiger partial charge in [0, 0.05) is 44.5 Å². The van der Waals surface area contributed by atoms with Gasteiger partial charge in [-0.3, -0.25) is 4.79 Å². The molecule has 0 radical (unpaired) electrons. The highest BCUT2D eigenvalue weighted by molar-refractivity contribution is 7.89. The lowest BCUT2D eigenvalue weighted by atomic mass is 9.99. The van der Waals surface area contributed by atoms with E-state index in [0.717, 1.165) is 24.5 Å². The fraction of sp³-hybridized carbons (Fsp3) is 0.684. The predicted molar refractivity (Wildman–Crippen MR) is 107 cm³/mol. The normalized spacial score (nSPS) is 21.5. The van der Waals surface area contributed by atoms with Gasteiger partial charge in [-0.05, 0) is 25.3 Å². The Hall–Kier alpha value is -1.71. The molecule has 0 spiro atoms. The van der Waals surface area contributed by atoms with E-state index >= 15 is 0 Å². The van der Waals surface area contributed by atoms with Crippen LogP contribution in [0.5, 0.6) is 0 Å². The van der Waals surface area contributed by atoms with Crippen molar-refractivity contribution in [3.05, 3.63) is 23.9 Å². The molecule has 8 nitrogen and oxygen atoms in total. The first-order chi connectivity index (χ1) is 13.5. The number of hydrogen-bond donors (Lipinski definition) is 1. The van der Waals surface area contributed by atoms with Crippen molar-refractivity contribution >= 4 is 21.7 Å². The highest BCUT2D eigenvalue weighted by Gasteiger charge is 2.31. The molecule has 2 saturated heterocycles. The molecule has 2 fully saturated rings. The number of nitrogens with zero attached hydrogens (tertiary/aromatic N) is 3. The van der Waals surface area contributed by atoms with Gasteiger partial charge in [-0.1, -0.05) is 13.0 Å². The second-order valence-corrected chi connectivity index (χ2v) is 9.41. The molecule has 1 aromatic rings. The molecule has 0 unspecified atom stereocenters. The third-order valence-electron chi connectivity index (χ3n) is 5.24. The Kier molecular flexibility index (Phi) is 7.25. The van der Waals surface area contributed by atoms with E-state index in [0.29, 0.717) is 45.6 Å². The topological polar surface area (TPSA) is 91.8 Å². The molecule has 3 rings (SSSR count). The number of rotatable bonds is 7. The molecule has 0 aromatic carbocycles. The minimum absolute atomic E-state index is 0.0896. The summed E-state index contributed by atoms with van der Waals surface area (Å²) in [7, 11) is -3.26. The van der Waals surface area contributed by atoms with Crippen LogP contribution in [-0.2, 0) is 26.1 Å². The monoisotopic (exact) mass is 410 g/mol. The lowest BCUT2D eigenvalue weighted by molar-refractivity contribution is -0.126. The van der Waals surface area contributed by atoms with E-state index in [1.54, 1.807) is 6.20 Å². The second-order valence-electron chi connectivity index (χ2n) is 7.32. The summed E-state index contributed by atoms with van der Waals surface area (Å²) in [5.74, 6) is 0.624. The molecule has 1 atom stereocenters. The van der Waals surface area contributed by atoms with Gasteiger partial charge in [-0.15, -0.1) is 0 Å². The van der Waals surface area contributed by atoms with Crippen LogP contribution in [0.25, 0.3) is 0 Å². The number of sulfonamides is 1. The summed E-state index contributed by atoms with van der Waals surface area (Å²) in [6, 6.07) is 3.84. The summed E-state index contributed by atoms with van der Waals surface area (Å²) in [4.78, 5) is 19.4. The van der Waals surface area contributed by atoms with Gasteiger partial charge in [-0.25, -0.2) is 17.7 Å². The van der Waals surface area contributed by atoms with E-state index in [-0.39, 0.29) is 24.1 Å². The van der Waals surface area contributed by atoms with Gasteiger partial charge in [0.15, 0.2) is 0 Å². The van der Waals surface area contributed by atoms with Crippen LogP contribution in [0, 0.1) is 5.92 Å². The second kappa shape index (κ2) is 9.67. The van der Waals surface area contributed by atoms with Crippen molar-refractivity contribution in [3.8, 4) is 0 Å². The first-order valence-corrected chi connectivity index (χ1v) is 11.6. The maximum absolute atomic E-state index is 12.7. The smallest absolute Gasteiger partial charge is 0.224 e. The number of carbonyl (C=O) groups excluding carboxylic acids is 1. The molecule has 3 heterocycles. The van der Waals surface area contributed by atoms with E-state index in [1.165, 1.54) is 4.31 Å². The summed E-state index contributed by atoms with van der Waals surface area (Å²) in [6.45, 7) is 5.94. The van der Waals surface area contributed by atoms with E-state index in [4.69, 9.17) is 4.74 Å². The minimum atomic E-state index is -3.26. The summed E-state index contributed by atoms with van der Waals surface area (Å²) >= 11 is 0. The van der Waals surface area contributed by atoms with Gasteiger partial charge >= 0.3 is 0 Å². The number of amides is 1. The summed E-state index contributed by atoms with van der Waals surface area (Å²) in [5, 5.41) is 2.99. The number of aromatic nitrogens is 1. The Bertz CT molecular complexity index is 765. The van der Waals surface area contributed by atoms with Crippen molar-refractivity contribution < 1.29 is 17.9 Å². The van der Waals surface area contributed by atoms with Gasteiger partial charge < -0.3 is 15.0 Å². The Morgan fingerprint density at radius 1 is 1.32 bits per heavy atom. The van der Waals surface area contributed by atoms with Gasteiger partial charge in [0.2, 0.25) is 15.9 Å². The number of piperidine rings is 1. The van der Waals surface area contributed by atoms with E-state index in [2.05, 4.69) is 15.2 Å². The van der Waals surface area contributed by atoms with Crippen LogP contribution >= 0.6 is 0 Å². The Balaban J connectivity index is 1.60. The zero-order valence-electron chi connectivity index (χ0n) is 16.5. The van der Waals surface area contributed by atoms with Gasteiger partial charge in [0.25, 0.3) is 0 Å². The maximum atomic E-state index is 12.7. The lowest BCUT2D eigenvalue weighted by Gasteiger charge is -2.31. The van der Waals surface area contributed by atoms with Crippen molar-refractivity contribution in [3.63, 3.8) is 0 Å². The third kappa shape index (κ3) is 5.21. The number of ether oxygens (including phenoxy) is 1. The van der Waals surface area contributed by atoms with Crippen LogP contribution in [0.15, 0.2) is 18.3 Å². The molecule has 28 heavy (non-hydrogen) atoms. The Labute approximate surface area is 167 Å². The summed E-state index contributed by atoms with van der Waals surface area (Å²) in [5.41, 5.74) is 0.962. The maximum Gasteiger partial charge on any atom is 0.224 e. The summed E-state index contributed by atoms with van der Waals surface area (Å²) in [6.07, 6.45) is 3.77. The zero-order valence-corrected chi connectivity index (χ0v) is 17.3. The lowest BCUT2D eigenvalue weighted by Crippen LogP contribution is -2.46. The molecule has 0 bridgehead atoms. The highest BCUT2D eigenvalue weighted by Crippen LogP contribution is 2.21. The van der Waals surface area contributed by atoms with Crippen molar-refractivity contribution in [1.82, 2.24) is 14.6 Å². The van der Waals surface area contributed by atoms with Crippen molar-refractivity contribution in [2.45, 2.75) is 32.7 Å². The number of morpholine rings is 1. The van der Waals surface area contributed by atoms with Crippen LogP contribution < -0.4 is 10.2 Å². The molecule has 2 aliphatic heterocycles. The highest BCUT2D eigenvalue weighted by atomic mass is 32.2. The first-order valence-electron chi connectivity index (χ1n) is 10.0. The van der Waals surface area contributed by atoms with Crippen molar-refractivity contribution in [2.24, 2.45) is 5.92 Å². The Morgan fingerprint density at radius 2 is 2.11 bits per heavy atom. The van der Waals surface area contributed by atoms with E-state index in [1.807, 2.05) is 19.1 Å². The van der Waals surface area contributed by atoms with Crippen LogP contribution in [0.3, 0.4) is 0 Å². The van der Waals surface area contributed by atoms with E-state index in [9.17, 15) is 13.2 Å². The fourth-order valence-electron chi connectivity index (χ4n) is 3.75. The van der Waals surface area contributed by atoms with Crippen LogP contribution in [0.4, 0.5) is 5.82 Å². The van der Waals surface area contributed by atoms with Gasteiger partial charge in [-0.2, -0.15) is 0 Å². The molecular weight excluding hydrogens is 380 g/mol. The van der Waals surface area contributed by atoms with E-state index < -0.39 is 10.0 Å². The van der Waals surface area contributed by atoms with Crippen molar-refractivity contribution in [2.75, 3.05) is 50.0 Å². The average Bonchev–Trinajstić information content (AvgIpc) is 2.73. The average molecular weight is 411 g/mol. The van der Waals surface area contributed by atoms with Crippen LogP contribution in [-0.4, -0.2) is 68.8 Å². The number of anilines is 1. The number of hydrogen-bond acceptors (Lipinski definition) is 6. The quantitative estimate of drug-likeness (QED) is 0.721. The molecule has 0 saturated carbocycles. The SMILES string of the molecule is CCCS(=O)(=O)N1CCC[C@@H](C(=O)NCc2cccnc2N2CCOCC2)C1. The largest absolute Gasteiger partial charge is 0.378 e. The van der Waals surface area contributed by atoms with Crippen molar-refractivity contribution in [1.29, 1.82) is 0 Å². The molecule has 1 amide bonds. The molecule has 1 aromatic heterocycles. The van der Waals surface area contributed by atoms with Gasteiger partial charge in [0.05, 0.1) is 24.9 Å². The Morgan fingerprint density at radius 3 is 2.86 bits per heavy atom. The fourth-order valence-corrected chi connectivity index (χ4v) is 5.34. The molecule has 156 valence electrons.